The van der Waals surface area contributed by atoms with Crippen LogP contribution >= 0.6 is 11.8 Å². The van der Waals surface area contributed by atoms with E-state index in [1.165, 1.54) is 4.90 Å². The monoisotopic (exact) mass is 249 g/mol. The number of imidazole rings is 1. The molecule has 90 valence electrons. The van der Waals surface area contributed by atoms with Gasteiger partial charge in [0.15, 0.2) is 0 Å². The van der Waals surface area contributed by atoms with E-state index in [-0.39, 0.29) is 0 Å². The lowest BCUT2D eigenvalue weighted by Gasteiger charge is -2.26. The van der Waals surface area contributed by atoms with Gasteiger partial charge in [0.25, 0.3) is 0 Å². The number of nitrogens with zero attached hydrogens (tertiary/aromatic N) is 2. The molecule has 5 heteroatoms. The number of H-pyrrole nitrogens is 1. The summed E-state index contributed by atoms with van der Waals surface area (Å²) in [6, 6.07) is 6.33. The van der Waals surface area contributed by atoms with E-state index in [0.717, 1.165) is 43.3 Å². The topological polar surface area (TPSA) is 41.2 Å². The number of ether oxygens (including phenoxy) is 1. The number of morpholine rings is 1. The van der Waals surface area contributed by atoms with Crippen LogP contribution in [0.25, 0.3) is 11.0 Å². The largest absolute Gasteiger partial charge is 0.378 e. The van der Waals surface area contributed by atoms with Crippen molar-refractivity contribution in [1.29, 1.82) is 0 Å². The van der Waals surface area contributed by atoms with Crippen LogP contribution in [0.4, 0.5) is 5.95 Å². The van der Waals surface area contributed by atoms with E-state index in [2.05, 4.69) is 39.3 Å². The minimum absolute atomic E-state index is 0.785. The number of fused-ring (bicyclic) bond motifs is 1. The lowest BCUT2D eigenvalue weighted by molar-refractivity contribution is 0.122. The fraction of sp³-hybridized carbons (Fsp3) is 0.417. The van der Waals surface area contributed by atoms with Crippen molar-refractivity contribution in [2.45, 2.75) is 4.90 Å². The van der Waals surface area contributed by atoms with Crippen molar-refractivity contribution in [2.24, 2.45) is 0 Å². The van der Waals surface area contributed by atoms with Crippen LogP contribution in [0.2, 0.25) is 0 Å². The maximum atomic E-state index is 5.35. The highest BCUT2D eigenvalue weighted by atomic mass is 32.2. The number of aromatic amines is 1. The van der Waals surface area contributed by atoms with Gasteiger partial charge < -0.3 is 14.6 Å². The van der Waals surface area contributed by atoms with Crippen LogP contribution in [0.3, 0.4) is 0 Å². The Balaban J connectivity index is 1.95. The molecular weight excluding hydrogens is 234 g/mol. The Bertz CT molecular complexity index is 519. The average molecular weight is 249 g/mol. The number of thioether (sulfide) groups is 1. The molecular formula is C12H15N3OS. The summed E-state index contributed by atoms with van der Waals surface area (Å²) >= 11 is 1.75. The van der Waals surface area contributed by atoms with E-state index in [1.54, 1.807) is 11.8 Å². The van der Waals surface area contributed by atoms with Crippen LogP contribution in [0, 0.1) is 0 Å². The van der Waals surface area contributed by atoms with Crippen molar-refractivity contribution in [3.63, 3.8) is 0 Å². The SMILES string of the molecule is CSc1ccc2nc(N3CCOCC3)[nH]c2c1. The van der Waals surface area contributed by atoms with Gasteiger partial charge in [-0.05, 0) is 24.5 Å². The highest BCUT2D eigenvalue weighted by Crippen LogP contribution is 2.23. The molecule has 1 aliphatic rings. The highest BCUT2D eigenvalue weighted by molar-refractivity contribution is 7.98. The predicted octanol–water partition coefficient (Wildman–Crippen LogP) is 2.12. The second-order valence-corrected chi connectivity index (χ2v) is 4.92. The summed E-state index contributed by atoms with van der Waals surface area (Å²) in [5.74, 6) is 0.960. The van der Waals surface area contributed by atoms with Gasteiger partial charge in [-0.2, -0.15) is 0 Å². The molecule has 3 rings (SSSR count). The lowest BCUT2D eigenvalue weighted by atomic mass is 10.3. The van der Waals surface area contributed by atoms with Gasteiger partial charge in [-0.3, -0.25) is 0 Å². The number of benzene rings is 1. The van der Waals surface area contributed by atoms with Crippen molar-refractivity contribution in [3.05, 3.63) is 18.2 Å². The minimum Gasteiger partial charge on any atom is -0.378 e. The number of anilines is 1. The normalized spacial score (nSPS) is 16.6. The molecule has 2 aromatic rings. The first-order valence-electron chi connectivity index (χ1n) is 5.73. The maximum Gasteiger partial charge on any atom is 0.203 e. The van der Waals surface area contributed by atoms with Gasteiger partial charge in [-0.1, -0.05) is 0 Å². The predicted molar refractivity (Wildman–Crippen MR) is 70.9 cm³/mol. The first-order valence-corrected chi connectivity index (χ1v) is 6.96. The third kappa shape index (κ3) is 2.12. The third-order valence-corrected chi connectivity index (χ3v) is 3.71. The first kappa shape index (κ1) is 10.9. The fourth-order valence-electron chi connectivity index (χ4n) is 2.03. The molecule has 1 aromatic heterocycles. The summed E-state index contributed by atoms with van der Waals surface area (Å²) in [5.41, 5.74) is 2.14. The van der Waals surface area contributed by atoms with Crippen molar-refractivity contribution < 1.29 is 4.74 Å². The van der Waals surface area contributed by atoms with Gasteiger partial charge in [0.2, 0.25) is 5.95 Å². The zero-order valence-electron chi connectivity index (χ0n) is 9.77. The van der Waals surface area contributed by atoms with Crippen LogP contribution in [0.5, 0.6) is 0 Å². The van der Waals surface area contributed by atoms with Crippen molar-refractivity contribution in [2.75, 3.05) is 37.5 Å². The highest BCUT2D eigenvalue weighted by Gasteiger charge is 2.14. The van der Waals surface area contributed by atoms with Crippen molar-refractivity contribution >= 4 is 28.7 Å². The average Bonchev–Trinajstić information content (AvgIpc) is 2.82. The van der Waals surface area contributed by atoms with E-state index >= 15 is 0 Å². The summed E-state index contributed by atoms with van der Waals surface area (Å²) in [7, 11) is 0. The first-order chi connectivity index (χ1) is 8.36. The van der Waals surface area contributed by atoms with Crippen molar-refractivity contribution in [1.82, 2.24) is 9.97 Å². The number of hydrogen-bond acceptors (Lipinski definition) is 4. The van der Waals surface area contributed by atoms with Gasteiger partial charge in [-0.15, -0.1) is 11.8 Å². The van der Waals surface area contributed by atoms with Gasteiger partial charge in [0, 0.05) is 18.0 Å². The molecule has 1 N–H and O–H groups in total. The Morgan fingerprint density at radius 3 is 2.94 bits per heavy atom. The third-order valence-electron chi connectivity index (χ3n) is 2.99. The molecule has 0 bridgehead atoms. The summed E-state index contributed by atoms with van der Waals surface area (Å²) in [4.78, 5) is 11.5. The number of nitrogens with one attached hydrogen (secondary N) is 1. The number of hydrogen-bond donors (Lipinski definition) is 1. The van der Waals surface area contributed by atoms with E-state index in [1.807, 2.05) is 0 Å². The minimum atomic E-state index is 0.785. The van der Waals surface area contributed by atoms with E-state index in [9.17, 15) is 0 Å². The second kappa shape index (κ2) is 4.58. The molecule has 0 aliphatic carbocycles. The van der Waals surface area contributed by atoms with E-state index < -0.39 is 0 Å². The molecule has 1 aliphatic heterocycles. The van der Waals surface area contributed by atoms with Gasteiger partial charge in [0.05, 0.1) is 24.2 Å². The number of aromatic nitrogens is 2. The molecule has 0 saturated carbocycles. The molecule has 1 saturated heterocycles. The Morgan fingerprint density at radius 2 is 2.18 bits per heavy atom. The molecule has 0 unspecified atom stereocenters. The fourth-order valence-corrected chi connectivity index (χ4v) is 2.47. The molecule has 0 atom stereocenters. The quantitative estimate of drug-likeness (QED) is 0.828. The van der Waals surface area contributed by atoms with Gasteiger partial charge in [-0.25, -0.2) is 4.98 Å². The smallest absolute Gasteiger partial charge is 0.203 e. The van der Waals surface area contributed by atoms with Crippen LogP contribution < -0.4 is 4.90 Å². The Morgan fingerprint density at radius 1 is 1.35 bits per heavy atom. The molecule has 17 heavy (non-hydrogen) atoms. The summed E-state index contributed by atoms with van der Waals surface area (Å²) < 4.78 is 5.35. The standard InChI is InChI=1S/C12H15N3OS/c1-17-9-2-3-10-11(8-9)14-12(13-10)15-4-6-16-7-5-15/h2-3,8H,4-7H2,1H3,(H,13,14). The van der Waals surface area contributed by atoms with Crippen LogP contribution in [0.15, 0.2) is 23.1 Å². The van der Waals surface area contributed by atoms with Gasteiger partial charge in [0.1, 0.15) is 0 Å². The van der Waals surface area contributed by atoms with Crippen LogP contribution in [-0.2, 0) is 4.74 Å². The zero-order valence-corrected chi connectivity index (χ0v) is 10.6. The number of rotatable bonds is 2. The van der Waals surface area contributed by atoms with Crippen LogP contribution in [-0.4, -0.2) is 42.5 Å². The summed E-state index contributed by atoms with van der Waals surface area (Å²) in [6.07, 6.45) is 2.08. The zero-order chi connectivity index (χ0) is 11.7. The molecule has 0 amide bonds. The Kier molecular flexibility index (Phi) is 2.94. The Hall–Kier alpha value is -1.20. The molecule has 1 aromatic carbocycles. The second-order valence-electron chi connectivity index (χ2n) is 4.04. The molecule has 0 spiro atoms. The molecule has 1 fully saturated rings. The van der Waals surface area contributed by atoms with Crippen LogP contribution in [0.1, 0.15) is 0 Å². The van der Waals surface area contributed by atoms with E-state index in [4.69, 9.17) is 4.74 Å². The molecule has 0 radical (unpaired) electrons. The maximum absolute atomic E-state index is 5.35. The van der Waals surface area contributed by atoms with E-state index in [0.29, 0.717) is 0 Å². The van der Waals surface area contributed by atoms with Gasteiger partial charge >= 0.3 is 0 Å². The lowest BCUT2D eigenvalue weighted by Crippen LogP contribution is -2.36. The summed E-state index contributed by atoms with van der Waals surface area (Å²) in [5, 5.41) is 0. The summed E-state index contributed by atoms with van der Waals surface area (Å²) in [6.45, 7) is 3.39. The Labute approximate surface area is 104 Å². The van der Waals surface area contributed by atoms with Crippen molar-refractivity contribution in [3.8, 4) is 0 Å². The molecule has 4 nitrogen and oxygen atoms in total. The molecule has 2 heterocycles.